The van der Waals surface area contributed by atoms with E-state index in [4.69, 9.17) is 5.26 Å². The van der Waals surface area contributed by atoms with Crippen molar-refractivity contribution in [2.75, 3.05) is 0 Å². The van der Waals surface area contributed by atoms with Crippen LogP contribution in [0.1, 0.15) is 19.3 Å². The van der Waals surface area contributed by atoms with Gasteiger partial charge in [0, 0.05) is 6.42 Å². The van der Waals surface area contributed by atoms with Crippen molar-refractivity contribution in [3.8, 4) is 6.07 Å². The van der Waals surface area contributed by atoms with Crippen molar-refractivity contribution in [2.45, 2.75) is 24.7 Å². The number of hydrogen-bond acceptors (Lipinski definition) is 4. The van der Waals surface area contributed by atoms with Gasteiger partial charge in [-0.05, 0) is 23.4 Å². The molecule has 0 saturated carbocycles. The lowest BCUT2D eigenvalue weighted by atomic mass is 9.95. The summed E-state index contributed by atoms with van der Waals surface area (Å²) in [6, 6.07) is 2.01. The Kier molecular flexibility index (Phi) is 4.32. The van der Waals surface area contributed by atoms with E-state index in [-0.39, 0.29) is 18.1 Å². The zero-order chi connectivity index (χ0) is 12.2. The molecule has 16 heavy (non-hydrogen) atoms. The van der Waals surface area contributed by atoms with Crippen molar-refractivity contribution in [3.05, 3.63) is 11.8 Å². The van der Waals surface area contributed by atoms with Crippen LogP contribution in [0.15, 0.2) is 11.8 Å². The molecule has 0 N–H and O–H groups in total. The van der Waals surface area contributed by atoms with Crippen LogP contribution in [0.5, 0.6) is 0 Å². The second-order valence-corrected chi connectivity index (χ2v) is 4.24. The third-order valence-electron chi connectivity index (χ3n) is 2.02. The summed E-state index contributed by atoms with van der Waals surface area (Å²) < 4.78 is 51.1. The van der Waals surface area contributed by atoms with E-state index >= 15 is 0 Å². The lowest BCUT2D eigenvalue weighted by Gasteiger charge is -2.17. The predicted octanol–water partition coefficient (Wildman–Crippen LogP) is 2.33. The van der Waals surface area contributed by atoms with Crippen LogP contribution in [-0.4, -0.2) is 9.65 Å². The maximum atomic E-state index is 12.3. The Morgan fingerprint density at radius 1 is 1.62 bits per heavy atom. The standard InChI is InChI=1S/C8H8F3NO3S/c9-8(10,15-11)16(13)14-7-3-1-6(5-12)2-4-7/h3,6H,1-2,4H2. The van der Waals surface area contributed by atoms with Crippen molar-refractivity contribution in [1.29, 1.82) is 5.26 Å². The zero-order valence-electron chi connectivity index (χ0n) is 7.99. The van der Waals surface area contributed by atoms with E-state index in [0.29, 0.717) is 12.8 Å². The minimum atomic E-state index is -4.48. The van der Waals surface area contributed by atoms with Crippen LogP contribution in [0.4, 0.5) is 13.3 Å². The average Bonchev–Trinajstić information content (AvgIpc) is 2.30. The van der Waals surface area contributed by atoms with Gasteiger partial charge in [-0.1, -0.05) is 0 Å². The summed E-state index contributed by atoms with van der Waals surface area (Å²) in [5.74, 6) is -0.139. The zero-order valence-corrected chi connectivity index (χ0v) is 8.81. The number of rotatable bonds is 4. The molecule has 2 unspecified atom stereocenters. The van der Waals surface area contributed by atoms with Gasteiger partial charge in [0.05, 0.1) is 12.0 Å². The van der Waals surface area contributed by atoms with E-state index in [1.54, 1.807) is 0 Å². The second kappa shape index (κ2) is 5.32. The number of halogens is 3. The summed E-state index contributed by atoms with van der Waals surface area (Å²) >= 11 is -3.22. The van der Waals surface area contributed by atoms with Gasteiger partial charge in [-0.3, -0.25) is 0 Å². The van der Waals surface area contributed by atoms with Crippen molar-refractivity contribution in [3.63, 3.8) is 0 Å². The van der Waals surface area contributed by atoms with Gasteiger partial charge in [0.2, 0.25) is 0 Å². The van der Waals surface area contributed by atoms with Gasteiger partial charge in [-0.25, -0.2) is 4.21 Å². The first-order chi connectivity index (χ1) is 7.49. The van der Waals surface area contributed by atoms with Crippen LogP contribution in [0.25, 0.3) is 0 Å². The highest BCUT2D eigenvalue weighted by Gasteiger charge is 2.44. The Hall–Kier alpha value is -1.07. The van der Waals surface area contributed by atoms with Gasteiger partial charge in [0.25, 0.3) is 0 Å². The number of alkyl halides is 2. The number of hydrogen-bond donors (Lipinski definition) is 0. The molecule has 0 saturated heterocycles. The van der Waals surface area contributed by atoms with Crippen LogP contribution >= 0.6 is 0 Å². The number of nitriles is 1. The van der Waals surface area contributed by atoms with Crippen LogP contribution in [0.2, 0.25) is 0 Å². The minimum Gasteiger partial charge on any atom is -0.399 e. The van der Waals surface area contributed by atoms with Crippen LogP contribution in [0, 0.1) is 17.2 Å². The number of nitrogens with zero attached hydrogens (tertiary/aromatic N) is 1. The van der Waals surface area contributed by atoms with Crippen molar-refractivity contribution >= 4 is 11.1 Å². The predicted molar refractivity (Wildman–Crippen MR) is 47.4 cm³/mol. The largest absolute Gasteiger partial charge is 0.503 e. The molecule has 90 valence electrons. The first kappa shape index (κ1) is 13.0. The summed E-state index contributed by atoms with van der Waals surface area (Å²) in [6.07, 6.45) is 2.38. The smallest absolute Gasteiger partial charge is 0.399 e. The molecular formula is C8H8F3NO3S. The van der Waals surface area contributed by atoms with E-state index in [0.717, 1.165) is 0 Å². The first-order valence-corrected chi connectivity index (χ1v) is 5.43. The van der Waals surface area contributed by atoms with Crippen molar-refractivity contribution in [1.82, 2.24) is 0 Å². The Morgan fingerprint density at radius 3 is 2.75 bits per heavy atom. The van der Waals surface area contributed by atoms with Gasteiger partial charge in [-0.2, -0.15) is 14.0 Å². The van der Waals surface area contributed by atoms with Gasteiger partial charge >= 0.3 is 16.5 Å². The van der Waals surface area contributed by atoms with E-state index in [1.807, 2.05) is 6.07 Å². The second-order valence-electron chi connectivity index (χ2n) is 3.13. The monoisotopic (exact) mass is 255 g/mol. The van der Waals surface area contributed by atoms with E-state index < -0.39 is 16.5 Å². The number of allylic oxidation sites excluding steroid dienone is 2. The SMILES string of the molecule is N#CC1CC=C(OS(=O)C(F)(F)OF)CC1. The van der Waals surface area contributed by atoms with Gasteiger partial charge in [0.1, 0.15) is 5.76 Å². The van der Waals surface area contributed by atoms with E-state index in [9.17, 15) is 17.5 Å². The topological polar surface area (TPSA) is 59.3 Å². The molecule has 1 aliphatic rings. The molecule has 1 rings (SSSR count). The third kappa shape index (κ3) is 3.21. The molecule has 0 heterocycles. The molecule has 8 heteroatoms. The summed E-state index contributed by atoms with van der Waals surface area (Å²) in [6.45, 7) is 0. The summed E-state index contributed by atoms with van der Waals surface area (Å²) in [4.78, 5) is 2.25. The van der Waals surface area contributed by atoms with Gasteiger partial charge in [0.15, 0.2) is 0 Å². The minimum absolute atomic E-state index is 0.0570. The highest BCUT2D eigenvalue weighted by atomic mass is 32.2. The molecule has 0 fully saturated rings. The first-order valence-electron chi connectivity index (χ1n) is 4.36. The molecular weight excluding hydrogens is 247 g/mol. The Morgan fingerprint density at radius 2 is 2.31 bits per heavy atom. The fraction of sp³-hybridized carbons (Fsp3) is 0.625. The molecule has 0 spiro atoms. The van der Waals surface area contributed by atoms with Crippen molar-refractivity contribution < 1.29 is 26.6 Å². The molecule has 0 bridgehead atoms. The maximum Gasteiger partial charge on any atom is 0.503 e. The summed E-state index contributed by atoms with van der Waals surface area (Å²) in [5, 5.41) is 8.56. The quantitative estimate of drug-likeness (QED) is 0.773. The maximum absolute atomic E-state index is 12.3. The van der Waals surface area contributed by atoms with Gasteiger partial charge in [-0.15, -0.1) is 4.94 Å². The fourth-order valence-corrected chi connectivity index (χ4v) is 1.67. The Balaban J connectivity index is 2.54. The average molecular weight is 255 g/mol. The lowest BCUT2D eigenvalue weighted by molar-refractivity contribution is -0.305. The lowest BCUT2D eigenvalue weighted by Crippen LogP contribution is -2.25. The Bertz CT molecular complexity index is 353. The van der Waals surface area contributed by atoms with Crippen LogP contribution in [-0.2, 0) is 20.2 Å². The molecule has 0 amide bonds. The molecule has 0 radical (unpaired) electrons. The molecule has 0 aliphatic heterocycles. The molecule has 1 aliphatic carbocycles. The Labute approximate surface area is 92.2 Å². The fourth-order valence-electron chi connectivity index (χ4n) is 1.17. The molecule has 4 nitrogen and oxygen atoms in total. The van der Waals surface area contributed by atoms with Crippen molar-refractivity contribution in [2.24, 2.45) is 5.92 Å². The molecule has 0 aromatic heterocycles. The highest BCUT2D eigenvalue weighted by molar-refractivity contribution is 7.81. The highest BCUT2D eigenvalue weighted by Crippen LogP contribution is 2.28. The van der Waals surface area contributed by atoms with Crippen LogP contribution in [0.3, 0.4) is 0 Å². The third-order valence-corrected chi connectivity index (χ3v) is 2.83. The van der Waals surface area contributed by atoms with Crippen LogP contribution < -0.4 is 0 Å². The van der Waals surface area contributed by atoms with Gasteiger partial charge < -0.3 is 4.18 Å². The van der Waals surface area contributed by atoms with E-state index in [2.05, 4.69) is 9.12 Å². The summed E-state index contributed by atoms with van der Waals surface area (Å²) in [7, 11) is 0. The normalized spacial score (nSPS) is 23.1. The molecule has 0 aromatic carbocycles. The molecule has 0 aromatic rings. The molecule has 2 atom stereocenters. The summed E-state index contributed by atoms with van der Waals surface area (Å²) in [5.41, 5.74) is -4.48. The van der Waals surface area contributed by atoms with E-state index in [1.165, 1.54) is 6.08 Å².